The minimum Gasteiger partial charge on any atom is -0.317 e. The Morgan fingerprint density at radius 1 is 1.00 bits per heavy atom. The predicted octanol–water partition coefficient (Wildman–Crippen LogP) is 4.99. The molecule has 2 heterocycles. The van der Waals surface area contributed by atoms with Crippen molar-refractivity contribution in [2.45, 2.75) is 6.54 Å². The number of rotatable bonds is 4. The molecule has 0 aliphatic carbocycles. The van der Waals surface area contributed by atoms with Crippen molar-refractivity contribution >= 4 is 45.5 Å². The van der Waals surface area contributed by atoms with Gasteiger partial charge in [0, 0.05) is 27.1 Å². The molecule has 1 aliphatic heterocycles. The molecule has 2 aromatic carbocycles. The Kier molecular flexibility index (Phi) is 5.07. The van der Waals surface area contributed by atoms with E-state index in [4.69, 9.17) is 11.6 Å². The third kappa shape index (κ3) is 3.74. The van der Waals surface area contributed by atoms with Gasteiger partial charge in [0.2, 0.25) is 0 Å². The molecule has 0 spiro atoms. The van der Waals surface area contributed by atoms with Gasteiger partial charge in [0.15, 0.2) is 0 Å². The summed E-state index contributed by atoms with van der Waals surface area (Å²) in [5.74, 6) is -0.350. The second-order valence-corrected chi connectivity index (χ2v) is 7.64. The van der Waals surface area contributed by atoms with Crippen LogP contribution in [0.3, 0.4) is 0 Å². The van der Waals surface area contributed by atoms with Crippen LogP contribution in [0.1, 0.15) is 11.3 Å². The fourth-order valence-corrected chi connectivity index (χ4v) is 3.37. The number of aromatic nitrogens is 1. The highest BCUT2D eigenvalue weighted by Crippen LogP contribution is 2.21. The average Bonchev–Trinajstić information content (AvgIpc) is 3.24. The van der Waals surface area contributed by atoms with Gasteiger partial charge in [-0.05, 0) is 60.2 Å². The molecule has 3 aromatic rings. The van der Waals surface area contributed by atoms with Gasteiger partial charge in [-0.2, -0.15) is 0 Å². The average molecular weight is 457 g/mol. The molecule has 1 aliphatic rings. The van der Waals surface area contributed by atoms with E-state index in [-0.39, 0.29) is 18.1 Å². The van der Waals surface area contributed by atoms with E-state index in [0.29, 0.717) is 5.02 Å². The first kappa shape index (κ1) is 18.5. The summed E-state index contributed by atoms with van der Waals surface area (Å²) in [7, 11) is 0. The lowest BCUT2D eigenvalue weighted by atomic mass is 10.2. The molecule has 1 aromatic heterocycles. The largest absolute Gasteiger partial charge is 0.329 e. The molecule has 0 bridgehead atoms. The maximum Gasteiger partial charge on any atom is 0.329 e. The number of imide groups is 1. The third-order valence-corrected chi connectivity index (χ3v) is 5.17. The van der Waals surface area contributed by atoms with Crippen molar-refractivity contribution in [3.63, 3.8) is 0 Å². The van der Waals surface area contributed by atoms with Crippen LogP contribution in [0.4, 0.5) is 4.79 Å². The van der Waals surface area contributed by atoms with Gasteiger partial charge < -0.3 is 9.88 Å². The zero-order chi connectivity index (χ0) is 19.7. The summed E-state index contributed by atoms with van der Waals surface area (Å²) in [5.41, 5.74) is 2.80. The molecular weight excluding hydrogens is 442 g/mol. The monoisotopic (exact) mass is 455 g/mol. The molecule has 5 nitrogen and oxygen atoms in total. The molecule has 3 amide bonds. The van der Waals surface area contributed by atoms with Gasteiger partial charge in [0.25, 0.3) is 5.91 Å². The second kappa shape index (κ2) is 7.66. The van der Waals surface area contributed by atoms with E-state index >= 15 is 0 Å². The fourth-order valence-electron chi connectivity index (χ4n) is 2.98. The van der Waals surface area contributed by atoms with E-state index in [9.17, 15) is 9.59 Å². The van der Waals surface area contributed by atoms with E-state index in [2.05, 4.69) is 21.2 Å². The summed E-state index contributed by atoms with van der Waals surface area (Å²) in [6, 6.07) is 18.2. The highest BCUT2D eigenvalue weighted by Gasteiger charge is 2.33. The van der Waals surface area contributed by atoms with Gasteiger partial charge in [-0.25, -0.2) is 4.79 Å². The van der Waals surface area contributed by atoms with Crippen molar-refractivity contribution in [3.05, 3.63) is 93.3 Å². The minimum atomic E-state index is -0.427. The maximum atomic E-state index is 12.7. The molecule has 0 atom stereocenters. The lowest BCUT2D eigenvalue weighted by molar-refractivity contribution is -0.123. The van der Waals surface area contributed by atoms with Crippen molar-refractivity contribution in [2.24, 2.45) is 0 Å². The highest BCUT2D eigenvalue weighted by molar-refractivity contribution is 9.10. The van der Waals surface area contributed by atoms with Crippen molar-refractivity contribution in [2.75, 3.05) is 0 Å². The van der Waals surface area contributed by atoms with Crippen LogP contribution in [0.15, 0.2) is 77.0 Å². The van der Waals surface area contributed by atoms with Gasteiger partial charge >= 0.3 is 6.03 Å². The lowest BCUT2D eigenvalue weighted by Gasteiger charge is -2.11. The molecule has 0 saturated carbocycles. The van der Waals surface area contributed by atoms with Crippen LogP contribution >= 0.6 is 27.5 Å². The SMILES string of the molecule is O=C1N/C(=C/c2cccn2-c2ccc(Cl)cc2)C(=O)N1Cc1ccc(Br)cc1. The Bertz CT molecular complexity index is 1070. The van der Waals surface area contributed by atoms with Crippen molar-refractivity contribution < 1.29 is 9.59 Å². The molecule has 0 radical (unpaired) electrons. The molecule has 0 unspecified atom stereocenters. The first-order chi connectivity index (χ1) is 13.5. The number of carbonyl (C=O) groups is 2. The summed E-state index contributed by atoms with van der Waals surface area (Å²) < 4.78 is 2.86. The van der Waals surface area contributed by atoms with Gasteiger partial charge in [-0.15, -0.1) is 0 Å². The summed E-state index contributed by atoms with van der Waals surface area (Å²) in [4.78, 5) is 26.3. The van der Waals surface area contributed by atoms with E-state index < -0.39 is 6.03 Å². The second-order valence-electron chi connectivity index (χ2n) is 6.29. The van der Waals surface area contributed by atoms with Crippen LogP contribution in [0.2, 0.25) is 5.02 Å². The van der Waals surface area contributed by atoms with Crippen molar-refractivity contribution in [3.8, 4) is 5.69 Å². The number of urea groups is 1. The Morgan fingerprint density at radius 3 is 2.43 bits per heavy atom. The van der Waals surface area contributed by atoms with E-state index in [1.54, 1.807) is 18.2 Å². The first-order valence-electron chi connectivity index (χ1n) is 8.53. The smallest absolute Gasteiger partial charge is 0.317 e. The van der Waals surface area contributed by atoms with Crippen LogP contribution in [-0.2, 0) is 11.3 Å². The Balaban J connectivity index is 1.59. The van der Waals surface area contributed by atoms with Gasteiger partial charge in [-0.3, -0.25) is 9.69 Å². The Morgan fingerprint density at radius 2 is 1.71 bits per heavy atom. The van der Waals surface area contributed by atoms with E-state index in [1.807, 2.05) is 59.3 Å². The van der Waals surface area contributed by atoms with Crippen LogP contribution < -0.4 is 5.32 Å². The summed E-state index contributed by atoms with van der Waals surface area (Å²) in [6.07, 6.45) is 3.56. The highest BCUT2D eigenvalue weighted by atomic mass is 79.9. The molecule has 28 heavy (non-hydrogen) atoms. The van der Waals surface area contributed by atoms with Crippen LogP contribution in [0.25, 0.3) is 11.8 Å². The zero-order valence-corrected chi connectivity index (χ0v) is 16.9. The van der Waals surface area contributed by atoms with Gasteiger partial charge in [0.1, 0.15) is 5.70 Å². The standard InChI is InChI=1S/C21H15BrClN3O2/c22-15-5-3-14(4-6-15)13-26-20(27)19(24-21(26)28)12-18-2-1-11-25(18)17-9-7-16(23)8-10-17/h1-12H,13H2,(H,24,28)/b19-12+. The van der Waals surface area contributed by atoms with Crippen LogP contribution in [0.5, 0.6) is 0 Å². The summed E-state index contributed by atoms with van der Waals surface area (Å²) >= 11 is 9.33. The fraction of sp³-hybridized carbons (Fsp3) is 0.0476. The molecular formula is C21H15BrClN3O2. The normalized spacial score (nSPS) is 15.4. The quantitative estimate of drug-likeness (QED) is 0.444. The number of amides is 3. The van der Waals surface area contributed by atoms with Crippen molar-refractivity contribution in [1.29, 1.82) is 0 Å². The summed E-state index contributed by atoms with van der Waals surface area (Å²) in [6.45, 7) is 0.216. The molecule has 140 valence electrons. The molecule has 1 saturated heterocycles. The summed E-state index contributed by atoms with van der Waals surface area (Å²) in [5, 5.41) is 3.32. The number of benzene rings is 2. The number of hydrogen-bond acceptors (Lipinski definition) is 2. The van der Waals surface area contributed by atoms with E-state index in [1.165, 1.54) is 4.90 Å². The van der Waals surface area contributed by atoms with Gasteiger partial charge in [-0.1, -0.05) is 39.7 Å². The number of halogens is 2. The molecule has 4 rings (SSSR count). The number of hydrogen-bond donors (Lipinski definition) is 1. The predicted molar refractivity (Wildman–Crippen MR) is 112 cm³/mol. The van der Waals surface area contributed by atoms with Crippen LogP contribution in [-0.4, -0.2) is 21.4 Å². The Labute approximate surface area is 175 Å². The topological polar surface area (TPSA) is 54.3 Å². The number of nitrogens with zero attached hydrogens (tertiary/aromatic N) is 2. The third-order valence-electron chi connectivity index (χ3n) is 4.39. The molecule has 1 N–H and O–H groups in total. The van der Waals surface area contributed by atoms with Crippen LogP contribution in [0, 0.1) is 0 Å². The zero-order valence-electron chi connectivity index (χ0n) is 14.6. The van der Waals surface area contributed by atoms with E-state index in [0.717, 1.165) is 21.4 Å². The maximum absolute atomic E-state index is 12.7. The van der Waals surface area contributed by atoms with Crippen molar-refractivity contribution in [1.82, 2.24) is 14.8 Å². The molecule has 1 fully saturated rings. The Hall–Kier alpha value is -2.83. The molecule has 7 heteroatoms. The number of carbonyl (C=O) groups excluding carboxylic acids is 2. The first-order valence-corrected chi connectivity index (χ1v) is 9.71. The minimum absolute atomic E-state index is 0.216. The lowest BCUT2D eigenvalue weighted by Crippen LogP contribution is -2.30. The number of nitrogens with one attached hydrogen (secondary N) is 1. The van der Waals surface area contributed by atoms with Gasteiger partial charge in [0.05, 0.1) is 6.54 Å².